The van der Waals surface area contributed by atoms with Crippen LogP contribution in [-0.2, 0) is 20.2 Å². The molecule has 1 N–H and O–H groups in total. The van der Waals surface area contributed by atoms with Crippen LogP contribution in [0.5, 0.6) is 0 Å². The van der Waals surface area contributed by atoms with Crippen LogP contribution in [0.3, 0.4) is 0 Å². The summed E-state index contributed by atoms with van der Waals surface area (Å²) in [4.78, 5) is 15.9. The third-order valence-corrected chi connectivity index (χ3v) is 4.04. The number of hydrogen-bond donors (Lipinski definition) is 1. The Morgan fingerprint density at radius 2 is 1.65 bits per heavy atom. The third kappa shape index (κ3) is 4.03. The minimum Gasteiger partial charge on any atom is -0.273 e. The van der Waals surface area contributed by atoms with E-state index in [0.717, 1.165) is 5.69 Å². The van der Waals surface area contributed by atoms with Gasteiger partial charge in [-0.05, 0) is 12.1 Å². The maximum absolute atomic E-state index is 12.1. The van der Waals surface area contributed by atoms with E-state index in [0.29, 0.717) is 0 Å². The largest absolute Gasteiger partial charge is 0.273 e. The molecule has 1 aromatic heterocycles. The highest BCUT2D eigenvalue weighted by atomic mass is 32.2. The highest BCUT2D eigenvalue weighted by Crippen LogP contribution is 2.21. The molecule has 0 bridgehead atoms. The molecule has 0 atom stereocenters. The molecule has 0 unspecified atom stereocenters. The average Bonchev–Trinajstić information content (AvgIpc) is 2.26. The molecule has 0 radical (unpaired) electrons. The molecule has 0 aliphatic carbocycles. The van der Waals surface area contributed by atoms with Crippen molar-refractivity contribution in [3.8, 4) is 0 Å². The summed E-state index contributed by atoms with van der Waals surface area (Å²) in [7, 11) is -3.87. The van der Waals surface area contributed by atoms with Gasteiger partial charge in [-0.1, -0.05) is 41.5 Å². The van der Waals surface area contributed by atoms with Crippen LogP contribution >= 0.6 is 0 Å². The van der Waals surface area contributed by atoms with Crippen molar-refractivity contribution in [1.29, 1.82) is 0 Å². The lowest BCUT2D eigenvalue weighted by molar-refractivity contribution is -0.126. The van der Waals surface area contributed by atoms with E-state index in [-0.39, 0.29) is 10.3 Å². The first-order valence-electron chi connectivity index (χ1n) is 6.38. The lowest BCUT2D eigenvalue weighted by Gasteiger charge is -2.19. The van der Waals surface area contributed by atoms with Gasteiger partial charge in [-0.25, -0.2) is 13.1 Å². The Morgan fingerprint density at radius 1 is 1.10 bits per heavy atom. The summed E-state index contributed by atoms with van der Waals surface area (Å²) in [5, 5.41) is 0. The lowest BCUT2D eigenvalue weighted by Crippen LogP contribution is -2.38. The zero-order chi connectivity index (χ0) is 15.8. The van der Waals surface area contributed by atoms with Crippen LogP contribution in [0.4, 0.5) is 0 Å². The number of nitrogens with one attached hydrogen (secondary N) is 1. The Kier molecular flexibility index (Phi) is 4.29. The summed E-state index contributed by atoms with van der Waals surface area (Å²) < 4.78 is 26.2. The zero-order valence-corrected chi connectivity index (χ0v) is 13.6. The standard InChI is InChI=1S/C14H22N2O3S/c1-13(2,3)11-8-7-10(9-15-11)20(18,19)16-12(17)14(4,5)6/h7-9H,1-6H3,(H,16,17). The van der Waals surface area contributed by atoms with Crippen molar-refractivity contribution in [2.45, 2.75) is 51.9 Å². The van der Waals surface area contributed by atoms with Crippen molar-refractivity contribution in [2.24, 2.45) is 5.41 Å². The SMILES string of the molecule is CC(C)(C)C(=O)NS(=O)(=O)c1ccc(C(C)(C)C)nc1. The summed E-state index contributed by atoms with van der Waals surface area (Å²) in [6.45, 7) is 10.9. The zero-order valence-electron chi connectivity index (χ0n) is 12.8. The molecule has 112 valence electrons. The van der Waals surface area contributed by atoms with E-state index in [1.165, 1.54) is 12.3 Å². The van der Waals surface area contributed by atoms with Crippen molar-refractivity contribution in [3.63, 3.8) is 0 Å². The monoisotopic (exact) mass is 298 g/mol. The fourth-order valence-electron chi connectivity index (χ4n) is 1.32. The third-order valence-electron chi connectivity index (χ3n) is 2.72. The summed E-state index contributed by atoms with van der Waals surface area (Å²) in [5.74, 6) is -0.544. The molecular weight excluding hydrogens is 276 g/mol. The summed E-state index contributed by atoms with van der Waals surface area (Å²) >= 11 is 0. The summed E-state index contributed by atoms with van der Waals surface area (Å²) in [6, 6.07) is 3.13. The first-order valence-corrected chi connectivity index (χ1v) is 7.86. The number of hydrogen-bond acceptors (Lipinski definition) is 4. The summed E-state index contributed by atoms with van der Waals surface area (Å²) in [5.41, 5.74) is -0.137. The molecule has 0 saturated carbocycles. The minimum absolute atomic E-state index is 0.0110. The minimum atomic E-state index is -3.87. The van der Waals surface area contributed by atoms with E-state index in [1.54, 1.807) is 26.8 Å². The van der Waals surface area contributed by atoms with E-state index in [1.807, 2.05) is 20.8 Å². The van der Waals surface area contributed by atoms with Gasteiger partial charge in [0.05, 0.1) is 0 Å². The molecule has 5 nitrogen and oxygen atoms in total. The highest BCUT2D eigenvalue weighted by Gasteiger charge is 2.27. The Labute approximate surface area is 120 Å². The van der Waals surface area contributed by atoms with Gasteiger partial charge in [-0.3, -0.25) is 9.78 Å². The van der Waals surface area contributed by atoms with Crippen molar-refractivity contribution in [2.75, 3.05) is 0 Å². The second kappa shape index (κ2) is 5.16. The normalized spacial score (nSPS) is 13.1. The van der Waals surface area contributed by atoms with Crippen molar-refractivity contribution >= 4 is 15.9 Å². The topological polar surface area (TPSA) is 76.1 Å². The van der Waals surface area contributed by atoms with Gasteiger partial charge < -0.3 is 0 Å². The van der Waals surface area contributed by atoms with Crippen LogP contribution in [0.25, 0.3) is 0 Å². The van der Waals surface area contributed by atoms with E-state index >= 15 is 0 Å². The van der Waals surface area contributed by atoms with Crippen LogP contribution in [0.15, 0.2) is 23.2 Å². The van der Waals surface area contributed by atoms with Crippen LogP contribution in [0.2, 0.25) is 0 Å². The molecule has 1 rings (SSSR count). The van der Waals surface area contributed by atoms with Gasteiger partial charge in [0.1, 0.15) is 4.90 Å². The number of aromatic nitrogens is 1. The molecule has 0 spiro atoms. The van der Waals surface area contributed by atoms with Gasteiger partial charge in [0, 0.05) is 22.7 Å². The molecule has 0 aliphatic heterocycles. The highest BCUT2D eigenvalue weighted by molar-refractivity contribution is 7.90. The molecule has 1 amide bonds. The van der Waals surface area contributed by atoms with E-state index < -0.39 is 21.3 Å². The predicted octanol–water partition coefficient (Wildman–Crippen LogP) is 2.23. The van der Waals surface area contributed by atoms with E-state index in [4.69, 9.17) is 0 Å². The number of nitrogens with zero attached hydrogens (tertiary/aromatic N) is 1. The molecule has 0 aromatic carbocycles. The van der Waals surface area contributed by atoms with Crippen molar-refractivity contribution < 1.29 is 13.2 Å². The number of sulfonamides is 1. The molecule has 20 heavy (non-hydrogen) atoms. The van der Waals surface area contributed by atoms with Crippen LogP contribution in [0, 0.1) is 5.41 Å². The second-order valence-corrected chi connectivity index (χ2v) is 8.50. The van der Waals surface area contributed by atoms with Crippen LogP contribution in [0.1, 0.15) is 47.2 Å². The van der Waals surface area contributed by atoms with Crippen molar-refractivity contribution in [1.82, 2.24) is 9.71 Å². The predicted molar refractivity (Wildman–Crippen MR) is 77.7 cm³/mol. The molecule has 1 aromatic rings. The molecular formula is C14H22N2O3S. The van der Waals surface area contributed by atoms with Gasteiger partial charge in [0.2, 0.25) is 5.91 Å². The average molecular weight is 298 g/mol. The molecule has 0 aliphatic rings. The number of rotatable bonds is 2. The van der Waals surface area contributed by atoms with Gasteiger partial charge in [0.15, 0.2) is 0 Å². The maximum atomic E-state index is 12.1. The molecule has 0 saturated heterocycles. The number of carbonyl (C=O) groups is 1. The second-order valence-electron chi connectivity index (χ2n) is 6.81. The number of carbonyl (C=O) groups excluding carboxylic acids is 1. The first-order chi connectivity index (χ1) is 8.84. The fraction of sp³-hybridized carbons (Fsp3) is 0.571. The van der Waals surface area contributed by atoms with Crippen LogP contribution < -0.4 is 4.72 Å². The van der Waals surface area contributed by atoms with Gasteiger partial charge in [-0.2, -0.15) is 0 Å². The van der Waals surface area contributed by atoms with Gasteiger partial charge in [-0.15, -0.1) is 0 Å². The Balaban J connectivity index is 3.03. The molecule has 0 fully saturated rings. The van der Waals surface area contributed by atoms with Gasteiger partial charge >= 0.3 is 0 Å². The fourth-order valence-corrected chi connectivity index (χ4v) is 2.42. The van der Waals surface area contributed by atoms with Crippen LogP contribution in [-0.4, -0.2) is 19.3 Å². The first kappa shape index (κ1) is 16.6. The molecule has 1 heterocycles. The molecule has 6 heteroatoms. The number of pyridine rings is 1. The van der Waals surface area contributed by atoms with E-state index in [2.05, 4.69) is 9.71 Å². The Morgan fingerprint density at radius 3 is 2.00 bits per heavy atom. The van der Waals surface area contributed by atoms with Crippen molar-refractivity contribution in [3.05, 3.63) is 24.0 Å². The lowest BCUT2D eigenvalue weighted by atomic mass is 9.92. The van der Waals surface area contributed by atoms with E-state index in [9.17, 15) is 13.2 Å². The quantitative estimate of drug-likeness (QED) is 0.908. The smallest absolute Gasteiger partial charge is 0.265 e. The maximum Gasteiger partial charge on any atom is 0.265 e. The Hall–Kier alpha value is -1.43. The Bertz CT molecular complexity index is 591. The van der Waals surface area contributed by atoms with Gasteiger partial charge in [0.25, 0.3) is 10.0 Å². The number of amides is 1. The summed E-state index contributed by atoms with van der Waals surface area (Å²) in [6.07, 6.45) is 1.28.